The molecule has 2 aliphatic rings. The van der Waals surface area contributed by atoms with Crippen LogP contribution in [0.4, 0.5) is 11.5 Å². The van der Waals surface area contributed by atoms with Gasteiger partial charge in [-0.25, -0.2) is 4.98 Å². The molecule has 3 nitrogen and oxygen atoms in total. The van der Waals surface area contributed by atoms with Crippen molar-refractivity contribution in [3.05, 3.63) is 16.7 Å². The minimum atomic E-state index is 0.299. The van der Waals surface area contributed by atoms with Crippen LogP contribution in [0, 0.1) is 0 Å². The molecule has 0 amide bonds. The predicted octanol–water partition coefficient (Wildman–Crippen LogP) is 2.60. The second kappa shape index (κ2) is 2.86. The number of anilines is 2. The number of nitrogens with zero attached hydrogens (tertiary/aromatic N) is 1. The Bertz CT molecular complexity index is 374. The topological polar surface area (TPSA) is 37.0 Å². The van der Waals surface area contributed by atoms with Crippen LogP contribution in [0.1, 0.15) is 19.3 Å². The SMILES string of the molecule is Brc1cnc2c(c1)NCC1(CCC1)N2. The number of nitrogens with one attached hydrogen (secondary N) is 2. The molecule has 2 heterocycles. The van der Waals surface area contributed by atoms with Crippen LogP contribution in [0.5, 0.6) is 0 Å². The Morgan fingerprint density at radius 2 is 2.29 bits per heavy atom. The number of pyridine rings is 1. The van der Waals surface area contributed by atoms with Gasteiger partial charge in [0.25, 0.3) is 0 Å². The highest BCUT2D eigenvalue weighted by Gasteiger charge is 2.39. The molecule has 3 rings (SSSR count). The van der Waals surface area contributed by atoms with Gasteiger partial charge < -0.3 is 10.6 Å². The first-order chi connectivity index (χ1) is 6.77. The van der Waals surface area contributed by atoms with E-state index < -0.39 is 0 Å². The Morgan fingerprint density at radius 3 is 3.00 bits per heavy atom. The lowest BCUT2D eigenvalue weighted by molar-refractivity contribution is 0.290. The summed E-state index contributed by atoms with van der Waals surface area (Å²) in [7, 11) is 0. The van der Waals surface area contributed by atoms with E-state index in [1.54, 1.807) is 0 Å². The molecule has 1 fully saturated rings. The quantitative estimate of drug-likeness (QED) is 0.747. The maximum Gasteiger partial charge on any atom is 0.149 e. The van der Waals surface area contributed by atoms with Gasteiger partial charge in [-0.3, -0.25) is 0 Å². The van der Waals surface area contributed by atoms with Gasteiger partial charge >= 0.3 is 0 Å². The number of fused-ring (bicyclic) bond motifs is 1. The molecule has 1 saturated carbocycles. The average molecular weight is 254 g/mol. The van der Waals surface area contributed by atoms with Crippen LogP contribution >= 0.6 is 15.9 Å². The fourth-order valence-electron chi connectivity index (χ4n) is 2.14. The van der Waals surface area contributed by atoms with Gasteiger partial charge in [0.05, 0.1) is 11.2 Å². The first-order valence-electron chi connectivity index (χ1n) is 4.95. The van der Waals surface area contributed by atoms with Crippen molar-refractivity contribution >= 4 is 27.4 Å². The highest BCUT2D eigenvalue weighted by molar-refractivity contribution is 9.10. The van der Waals surface area contributed by atoms with Gasteiger partial charge in [0.15, 0.2) is 0 Å². The minimum Gasteiger partial charge on any atom is -0.380 e. The third-order valence-corrected chi connectivity index (χ3v) is 3.60. The standard InChI is InChI=1S/C10H12BrN3/c11-7-4-8-9(12-5-7)14-10(6-13-8)2-1-3-10/h4-5,13H,1-3,6H2,(H,12,14). The smallest absolute Gasteiger partial charge is 0.149 e. The molecular formula is C10H12BrN3. The largest absolute Gasteiger partial charge is 0.380 e. The van der Waals surface area contributed by atoms with Crippen molar-refractivity contribution in [2.75, 3.05) is 17.2 Å². The molecular weight excluding hydrogens is 242 g/mol. The molecule has 1 aromatic heterocycles. The molecule has 4 heteroatoms. The Labute approximate surface area is 91.4 Å². The zero-order valence-electron chi connectivity index (χ0n) is 7.81. The molecule has 0 radical (unpaired) electrons. The molecule has 0 atom stereocenters. The molecule has 2 N–H and O–H groups in total. The van der Waals surface area contributed by atoms with E-state index in [-0.39, 0.29) is 0 Å². The van der Waals surface area contributed by atoms with E-state index in [2.05, 4.69) is 37.6 Å². The lowest BCUT2D eigenvalue weighted by atomic mass is 9.76. The van der Waals surface area contributed by atoms with Crippen molar-refractivity contribution in [2.45, 2.75) is 24.8 Å². The molecule has 1 spiro atoms. The number of rotatable bonds is 0. The van der Waals surface area contributed by atoms with Gasteiger partial charge in [0.1, 0.15) is 5.82 Å². The summed E-state index contributed by atoms with van der Waals surface area (Å²) < 4.78 is 1.02. The zero-order valence-corrected chi connectivity index (χ0v) is 9.39. The van der Waals surface area contributed by atoms with Crippen molar-refractivity contribution in [2.24, 2.45) is 0 Å². The number of hydrogen-bond acceptors (Lipinski definition) is 3. The van der Waals surface area contributed by atoms with Crippen LogP contribution in [0.2, 0.25) is 0 Å². The summed E-state index contributed by atoms with van der Waals surface area (Å²) in [6.07, 6.45) is 5.69. The molecule has 0 saturated heterocycles. The van der Waals surface area contributed by atoms with E-state index >= 15 is 0 Å². The summed E-state index contributed by atoms with van der Waals surface area (Å²) in [6, 6.07) is 2.07. The fraction of sp³-hybridized carbons (Fsp3) is 0.500. The van der Waals surface area contributed by atoms with Crippen molar-refractivity contribution in [3.63, 3.8) is 0 Å². The van der Waals surface area contributed by atoms with Gasteiger partial charge in [-0.1, -0.05) is 0 Å². The summed E-state index contributed by atoms with van der Waals surface area (Å²) in [4.78, 5) is 4.38. The van der Waals surface area contributed by atoms with Crippen molar-refractivity contribution in [1.29, 1.82) is 0 Å². The Morgan fingerprint density at radius 1 is 1.43 bits per heavy atom. The normalized spacial score (nSPS) is 21.8. The van der Waals surface area contributed by atoms with Crippen LogP contribution in [-0.4, -0.2) is 17.1 Å². The average Bonchev–Trinajstić information content (AvgIpc) is 2.15. The summed E-state index contributed by atoms with van der Waals surface area (Å²) in [6.45, 7) is 1.03. The first kappa shape index (κ1) is 8.53. The second-order valence-corrected chi connectivity index (χ2v) is 5.08. The van der Waals surface area contributed by atoms with Crippen molar-refractivity contribution < 1.29 is 0 Å². The number of aromatic nitrogens is 1. The lowest BCUT2D eigenvalue weighted by Crippen LogP contribution is -2.53. The number of hydrogen-bond donors (Lipinski definition) is 2. The second-order valence-electron chi connectivity index (χ2n) is 4.16. The van der Waals surface area contributed by atoms with E-state index in [0.29, 0.717) is 5.54 Å². The predicted molar refractivity (Wildman–Crippen MR) is 60.6 cm³/mol. The van der Waals surface area contributed by atoms with Crippen LogP contribution in [0.3, 0.4) is 0 Å². The summed E-state index contributed by atoms with van der Waals surface area (Å²) in [5, 5.41) is 6.98. The maximum atomic E-state index is 4.38. The van der Waals surface area contributed by atoms with Crippen LogP contribution in [0.15, 0.2) is 16.7 Å². The van der Waals surface area contributed by atoms with Crippen LogP contribution < -0.4 is 10.6 Å². The lowest BCUT2D eigenvalue weighted by Gasteiger charge is -2.46. The Balaban J connectivity index is 1.94. The van der Waals surface area contributed by atoms with Crippen molar-refractivity contribution in [1.82, 2.24) is 4.98 Å². The van der Waals surface area contributed by atoms with Gasteiger partial charge in [-0.15, -0.1) is 0 Å². The molecule has 1 aliphatic carbocycles. The number of halogens is 1. The molecule has 0 bridgehead atoms. The van der Waals surface area contributed by atoms with Gasteiger partial charge in [0.2, 0.25) is 0 Å². The van der Waals surface area contributed by atoms with E-state index in [1.165, 1.54) is 19.3 Å². The van der Waals surface area contributed by atoms with Crippen molar-refractivity contribution in [3.8, 4) is 0 Å². The van der Waals surface area contributed by atoms with E-state index in [9.17, 15) is 0 Å². The third kappa shape index (κ3) is 1.21. The fourth-order valence-corrected chi connectivity index (χ4v) is 2.47. The summed E-state index contributed by atoms with van der Waals surface area (Å²) >= 11 is 3.42. The van der Waals surface area contributed by atoms with E-state index in [4.69, 9.17) is 0 Å². The molecule has 74 valence electrons. The molecule has 0 unspecified atom stereocenters. The van der Waals surface area contributed by atoms with E-state index in [0.717, 1.165) is 22.5 Å². The van der Waals surface area contributed by atoms with Gasteiger partial charge in [-0.05, 0) is 41.3 Å². The third-order valence-electron chi connectivity index (χ3n) is 3.17. The highest BCUT2D eigenvalue weighted by Crippen LogP contribution is 2.40. The Kier molecular flexibility index (Phi) is 1.74. The van der Waals surface area contributed by atoms with Gasteiger partial charge in [0, 0.05) is 17.2 Å². The zero-order chi connectivity index (χ0) is 9.60. The van der Waals surface area contributed by atoms with E-state index in [1.807, 2.05) is 6.20 Å². The summed E-state index contributed by atoms with van der Waals surface area (Å²) in [5.41, 5.74) is 1.41. The molecule has 1 aliphatic heterocycles. The molecule has 1 aromatic rings. The maximum absolute atomic E-state index is 4.38. The molecule has 0 aromatic carbocycles. The first-order valence-corrected chi connectivity index (χ1v) is 5.74. The van der Waals surface area contributed by atoms with Crippen LogP contribution in [-0.2, 0) is 0 Å². The Hall–Kier alpha value is -0.770. The molecule has 14 heavy (non-hydrogen) atoms. The highest BCUT2D eigenvalue weighted by atomic mass is 79.9. The monoisotopic (exact) mass is 253 g/mol. The minimum absolute atomic E-state index is 0.299. The van der Waals surface area contributed by atoms with Crippen LogP contribution in [0.25, 0.3) is 0 Å². The summed E-state index contributed by atoms with van der Waals surface area (Å²) in [5.74, 6) is 0.999. The van der Waals surface area contributed by atoms with Gasteiger partial charge in [-0.2, -0.15) is 0 Å².